The molecule has 1 saturated heterocycles. The van der Waals surface area contributed by atoms with Gasteiger partial charge in [-0.05, 0) is 82.8 Å². The van der Waals surface area contributed by atoms with Crippen LogP contribution >= 0.6 is 0 Å². The summed E-state index contributed by atoms with van der Waals surface area (Å²) in [7, 11) is 2.09. The van der Waals surface area contributed by atoms with E-state index in [0.29, 0.717) is 34.8 Å². The highest BCUT2D eigenvalue weighted by Crippen LogP contribution is 2.56. The molecule has 4 saturated carbocycles. The van der Waals surface area contributed by atoms with E-state index >= 15 is 0 Å². The summed E-state index contributed by atoms with van der Waals surface area (Å²) in [5, 5.41) is 22.0. The molecule has 8 rings (SSSR count). The van der Waals surface area contributed by atoms with E-state index in [1.807, 2.05) is 0 Å². The second-order valence-electron chi connectivity index (χ2n) is 11.5. The topological polar surface area (TPSA) is 145 Å². The molecule has 4 N–H and O–H groups in total. The molecule has 3 aromatic heterocycles. The summed E-state index contributed by atoms with van der Waals surface area (Å²) in [6.07, 6.45) is 10.0. The number of nitrogens with one attached hydrogen (secondary N) is 3. The van der Waals surface area contributed by atoms with E-state index in [2.05, 4.69) is 47.7 Å². The summed E-state index contributed by atoms with van der Waals surface area (Å²) in [6, 6.07) is 0.351. The molecular formula is C25H32N8O3. The molecule has 3 unspecified atom stereocenters. The second-order valence-corrected chi connectivity index (χ2v) is 11.5. The van der Waals surface area contributed by atoms with Crippen molar-refractivity contribution in [2.24, 2.45) is 17.8 Å². The minimum absolute atomic E-state index is 0.0450. The Bertz CT molecular complexity index is 1280. The maximum absolute atomic E-state index is 12.8. The predicted octanol–water partition coefficient (Wildman–Crippen LogP) is 2.18. The second kappa shape index (κ2) is 8.24. The highest BCUT2D eigenvalue weighted by Gasteiger charge is 2.54. The van der Waals surface area contributed by atoms with E-state index in [4.69, 9.17) is 4.52 Å². The predicted molar refractivity (Wildman–Crippen MR) is 131 cm³/mol. The fourth-order valence-corrected chi connectivity index (χ4v) is 7.42. The number of imidazole rings is 1. The van der Waals surface area contributed by atoms with Gasteiger partial charge in [-0.3, -0.25) is 4.79 Å². The minimum Gasteiger partial charge on any atom is -0.390 e. The van der Waals surface area contributed by atoms with E-state index in [1.54, 1.807) is 12.5 Å². The molecule has 11 heteroatoms. The van der Waals surface area contributed by atoms with Gasteiger partial charge in [0.2, 0.25) is 5.82 Å². The number of aromatic amines is 1. The van der Waals surface area contributed by atoms with Crippen molar-refractivity contribution in [1.29, 1.82) is 0 Å². The first-order valence-electron chi connectivity index (χ1n) is 13.1. The zero-order valence-electron chi connectivity index (χ0n) is 20.4. The SMILES string of the molecule is CN1CCC(NC(=O)c2nc(-c3cnc4nc[nH]c4c3NC3[C@@H]4CC5C[C@H]3CC(O)(C5)C4)no2)CC1. The standard InChI is InChI=1S/C25H32N8O3/c1-33-4-2-16(3-5-33)29-23(34)24-31-21(32-36-24)17-11-26-22-20(27-12-28-22)19(17)30-18-14-6-13-7-15(18)10-25(35,8-13)9-14/h11-16,18,35H,2-10H2,1H3,(H,29,34)(H2,26,27,28,30)/t13?,14-,15+,18?,25?. The molecule has 4 aliphatic carbocycles. The van der Waals surface area contributed by atoms with E-state index in [1.165, 1.54) is 0 Å². The minimum atomic E-state index is -0.497. The maximum atomic E-state index is 12.8. The van der Waals surface area contributed by atoms with Crippen molar-refractivity contribution in [3.8, 4) is 11.4 Å². The van der Waals surface area contributed by atoms with Crippen LogP contribution in [-0.2, 0) is 0 Å². The molecule has 0 radical (unpaired) electrons. The number of pyridine rings is 1. The van der Waals surface area contributed by atoms with Gasteiger partial charge < -0.3 is 30.1 Å². The number of fused-ring (bicyclic) bond motifs is 1. The first-order valence-corrected chi connectivity index (χ1v) is 13.1. The molecule has 0 aromatic carbocycles. The number of likely N-dealkylation sites (tertiary alicyclic amines) is 1. The lowest BCUT2D eigenvalue weighted by molar-refractivity contribution is -0.129. The number of H-pyrrole nitrogens is 1. The largest absolute Gasteiger partial charge is 0.390 e. The molecule has 5 fully saturated rings. The van der Waals surface area contributed by atoms with E-state index in [9.17, 15) is 9.90 Å². The Kier molecular flexibility index (Phi) is 5.07. The first-order chi connectivity index (χ1) is 17.4. The maximum Gasteiger partial charge on any atom is 0.316 e. The van der Waals surface area contributed by atoms with Crippen LogP contribution in [-0.4, -0.2) is 78.8 Å². The lowest BCUT2D eigenvalue weighted by Crippen LogP contribution is -2.59. The van der Waals surface area contributed by atoms with Crippen LogP contribution in [0.2, 0.25) is 0 Å². The van der Waals surface area contributed by atoms with Gasteiger partial charge >= 0.3 is 11.8 Å². The number of amides is 1. The van der Waals surface area contributed by atoms with Crippen molar-refractivity contribution in [2.75, 3.05) is 25.5 Å². The number of carbonyl (C=O) groups excluding carboxylic acids is 1. The quantitative estimate of drug-likeness (QED) is 0.421. The van der Waals surface area contributed by atoms with Crippen molar-refractivity contribution in [1.82, 2.24) is 35.3 Å². The molecular weight excluding hydrogens is 460 g/mol. The van der Waals surface area contributed by atoms with Crippen LogP contribution in [0.25, 0.3) is 22.6 Å². The molecule has 4 bridgehead atoms. The Labute approximate surface area is 208 Å². The van der Waals surface area contributed by atoms with Crippen LogP contribution in [0.15, 0.2) is 17.0 Å². The monoisotopic (exact) mass is 492 g/mol. The summed E-state index contributed by atoms with van der Waals surface area (Å²) < 4.78 is 5.39. The number of aromatic nitrogens is 5. The number of hydrogen-bond donors (Lipinski definition) is 4. The molecule has 0 spiro atoms. The smallest absolute Gasteiger partial charge is 0.316 e. The van der Waals surface area contributed by atoms with E-state index in [0.717, 1.165) is 69.2 Å². The van der Waals surface area contributed by atoms with Crippen molar-refractivity contribution < 1.29 is 14.4 Å². The van der Waals surface area contributed by atoms with E-state index < -0.39 is 5.60 Å². The lowest BCUT2D eigenvalue weighted by Gasteiger charge is -2.58. The third-order valence-corrected chi connectivity index (χ3v) is 8.92. The third kappa shape index (κ3) is 3.76. The molecule has 1 aliphatic heterocycles. The molecule has 5 aliphatic rings. The van der Waals surface area contributed by atoms with Crippen molar-refractivity contribution in [3.63, 3.8) is 0 Å². The fraction of sp³-hybridized carbons (Fsp3) is 0.640. The third-order valence-electron chi connectivity index (χ3n) is 8.92. The highest BCUT2D eigenvalue weighted by atomic mass is 16.5. The van der Waals surface area contributed by atoms with Crippen LogP contribution in [0.4, 0.5) is 5.69 Å². The summed E-state index contributed by atoms with van der Waals surface area (Å²) in [4.78, 5) is 31.6. The average molecular weight is 493 g/mol. The van der Waals surface area contributed by atoms with Crippen LogP contribution in [0.3, 0.4) is 0 Å². The van der Waals surface area contributed by atoms with Gasteiger partial charge in [-0.2, -0.15) is 4.98 Å². The van der Waals surface area contributed by atoms with Crippen LogP contribution < -0.4 is 10.6 Å². The van der Waals surface area contributed by atoms with Crippen molar-refractivity contribution in [3.05, 3.63) is 18.4 Å². The Balaban J connectivity index is 1.17. The van der Waals surface area contributed by atoms with Gasteiger partial charge in [0.15, 0.2) is 5.65 Å². The average Bonchev–Trinajstić information content (AvgIpc) is 3.52. The number of nitrogens with zero attached hydrogens (tertiary/aromatic N) is 5. The number of rotatable bonds is 5. The number of anilines is 1. The number of carbonyl (C=O) groups is 1. The summed E-state index contributed by atoms with van der Waals surface area (Å²) >= 11 is 0. The van der Waals surface area contributed by atoms with Crippen molar-refractivity contribution >= 4 is 22.8 Å². The Morgan fingerprint density at radius 2 is 1.97 bits per heavy atom. The van der Waals surface area contributed by atoms with Crippen LogP contribution in [0, 0.1) is 17.8 Å². The lowest BCUT2D eigenvalue weighted by atomic mass is 9.52. The van der Waals surface area contributed by atoms with Crippen LogP contribution in [0.5, 0.6) is 0 Å². The summed E-state index contributed by atoms with van der Waals surface area (Å²) in [5.74, 6) is 1.39. The highest BCUT2D eigenvalue weighted by molar-refractivity contribution is 5.95. The zero-order chi connectivity index (χ0) is 24.4. The van der Waals surface area contributed by atoms with Gasteiger partial charge in [0.1, 0.15) is 5.52 Å². The van der Waals surface area contributed by atoms with Gasteiger partial charge in [-0.1, -0.05) is 5.16 Å². The molecule has 190 valence electrons. The van der Waals surface area contributed by atoms with Crippen LogP contribution in [0.1, 0.15) is 55.6 Å². The van der Waals surface area contributed by atoms with Gasteiger partial charge in [-0.25, -0.2) is 9.97 Å². The molecule has 3 aromatic rings. The zero-order valence-corrected chi connectivity index (χ0v) is 20.4. The number of aliphatic hydroxyl groups is 1. The van der Waals surface area contributed by atoms with Gasteiger partial charge in [0.25, 0.3) is 0 Å². The van der Waals surface area contributed by atoms with Gasteiger partial charge in [-0.15, -0.1) is 0 Å². The Hall–Kier alpha value is -3.05. The Morgan fingerprint density at radius 1 is 1.19 bits per heavy atom. The molecule has 5 atom stereocenters. The summed E-state index contributed by atoms with van der Waals surface area (Å²) in [5.41, 5.74) is 2.38. The summed E-state index contributed by atoms with van der Waals surface area (Å²) in [6.45, 7) is 1.90. The Morgan fingerprint density at radius 3 is 2.72 bits per heavy atom. The van der Waals surface area contributed by atoms with Gasteiger partial charge in [0.05, 0.1) is 23.2 Å². The first kappa shape index (κ1) is 22.2. The normalized spacial score (nSPS) is 32.3. The van der Waals surface area contributed by atoms with Gasteiger partial charge in [0, 0.05) is 18.3 Å². The molecule has 1 amide bonds. The molecule has 4 heterocycles. The number of piperidine rings is 1. The fourth-order valence-electron chi connectivity index (χ4n) is 7.42. The van der Waals surface area contributed by atoms with Crippen molar-refractivity contribution in [2.45, 2.75) is 62.6 Å². The number of hydrogen-bond acceptors (Lipinski definition) is 9. The molecule has 11 nitrogen and oxygen atoms in total. The van der Waals surface area contributed by atoms with E-state index in [-0.39, 0.29) is 23.9 Å². The molecule has 36 heavy (non-hydrogen) atoms.